The van der Waals surface area contributed by atoms with Crippen LogP contribution in [-0.4, -0.2) is 23.2 Å². The van der Waals surface area contributed by atoms with Crippen molar-refractivity contribution >= 4 is 21.5 Å². The Labute approximate surface area is 114 Å². The van der Waals surface area contributed by atoms with Crippen molar-refractivity contribution < 1.29 is 26.9 Å². The van der Waals surface area contributed by atoms with Gasteiger partial charge in [0.25, 0.3) is 0 Å². The van der Waals surface area contributed by atoms with Crippen molar-refractivity contribution in [2.24, 2.45) is 4.36 Å². The number of halogens is 3. The molecule has 1 atom stereocenters. The summed E-state index contributed by atoms with van der Waals surface area (Å²) in [6.45, 7) is 1.47. The third-order valence-electron chi connectivity index (χ3n) is 2.23. The second-order valence-electron chi connectivity index (χ2n) is 3.85. The lowest BCUT2D eigenvalue weighted by molar-refractivity contribution is -0.139. The quantitative estimate of drug-likeness (QED) is 0.852. The number of ether oxygens (including phenoxy) is 1. The van der Waals surface area contributed by atoms with Gasteiger partial charge in [0.1, 0.15) is 0 Å². The molecule has 0 radical (unpaired) electrons. The first-order valence-corrected chi connectivity index (χ1v) is 7.36. The molecule has 0 aliphatic carbocycles. The minimum Gasteiger partial charge on any atom is -0.448 e. The Morgan fingerprint density at radius 2 is 2.05 bits per heavy atom. The molecule has 0 aliphatic heterocycles. The molecule has 0 spiro atoms. The second kappa shape index (κ2) is 5.70. The van der Waals surface area contributed by atoms with Crippen molar-refractivity contribution in [2.75, 3.05) is 18.6 Å². The molecular formula is C11H13F3N2O3S. The second-order valence-corrected chi connectivity index (χ2v) is 6.07. The van der Waals surface area contributed by atoms with Gasteiger partial charge in [-0.2, -0.15) is 13.2 Å². The number of alkyl halides is 3. The lowest BCUT2D eigenvalue weighted by Gasteiger charge is -2.14. The van der Waals surface area contributed by atoms with Gasteiger partial charge in [-0.25, -0.2) is 9.00 Å². The van der Waals surface area contributed by atoms with Gasteiger partial charge < -0.3 is 10.5 Å². The molecule has 0 saturated carbocycles. The van der Waals surface area contributed by atoms with Gasteiger partial charge in [-0.3, -0.25) is 0 Å². The van der Waals surface area contributed by atoms with Crippen molar-refractivity contribution in [3.63, 3.8) is 0 Å². The van der Waals surface area contributed by atoms with E-state index in [1.54, 1.807) is 0 Å². The molecule has 1 aromatic carbocycles. The summed E-state index contributed by atoms with van der Waals surface area (Å²) in [5.41, 5.74) is 3.99. The van der Waals surface area contributed by atoms with Crippen molar-refractivity contribution in [2.45, 2.75) is 18.0 Å². The zero-order valence-corrected chi connectivity index (χ0v) is 11.5. The van der Waals surface area contributed by atoms with Crippen LogP contribution < -0.4 is 5.73 Å². The molecule has 0 fully saturated rings. The van der Waals surface area contributed by atoms with Crippen LogP contribution in [-0.2, 0) is 20.6 Å². The van der Waals surface area contributed by atoms with Crippen molar-refractivity contribution in [3.8, 4) is 0 Å². The molecule has 0 bridgehead atoms. The van der Waals surface area contributed by atoms with Crippen LogP contribution in [0.3, 0.4) is 0 Å². The summed E-state index contributed by atoms with van der Waals surface area (Å²) in [7, 11) is -3.59. The Morgan fingerprint density at radius 3 is 2.55 bits per heavy atom. The predicted octanol–water partition coefficient (Wildman–Crippen LogP) is 2.90. The molecule has 1 amide bonds. The minimum absolute atomic E-state index is 0.0221. The van der Waals surface area contributed by atoms with Gasteiger partial charge in [0.05, 0.1) is 26.8 Å². The highest BCUT2D eigenvalue weighted by Gasteiger charge is 2.36. The first kappa shape index (κ1) is 16.3. The van der Waals surface area contributed by atoms with E-state index in [0.717, 1.165) is 18.4 Å². The van der Waals surface area contributed by atoms with Gasteiger partial charge in [0, 0.05) is 11.9 Å². The average molecular weight is 310 g/mol. The molecule has 20 heavy (non-hydrogen) atoms. The number of anilines is 1. The normalized spacial score (nSPS) is 14.4. The molecule has 0 aromatic heterocycles. The molecule has 0 saturated heterocycles. The van der Waals surface area contributed by atoms with E-state index in [1.807, 2.05) is 0 Å². The SMILES string of the molecule is CCOC(=O)N=S(C)(=O)c1ccc(N)cc1C(F)(F)F. The molecule has 112 valence electrons. The highest BCUT2D eigenvalue weighted by molar-refractivity contribution is 7.93. The topological polar surface area (TPSA) is 81.8 Å². The van der Waals surface area contributed by atoms with Crippen LogP contribution in [0.15, 0.2) is 27.5 Å². The number of carbonyl (C=O) groups is 1. The minimum atomic E-state index is -4.76. The highest BCUT2D eigenvalue weighted by Crippen LogP contribution is 2.35. The van der Waals surface area contributed by atoms with E-state index in [-0.39, 0.29) is 12.3 Å². The summed E-state index contributed by atoms with van der Waals surface area (Å²) < 4.78 is 58.6. The molecule has 1 unspecified atom stereocenters. The van der Waals surface area contributed by atoms with Crippen LogP contribution in [0.1, 0.15) is 12.5 Å². The molecule has 2 N–H and O–H groups in total. The maximum atomic E-state index is 12.9. The summed E-state index contributed by atoms with van der Waals surface area (Å²) in [5.74, 6) is 0. The van der Waals surface area contributed by atoms with E-state index in [4.69, 9.17) is 5.73 Å². The Bertz CT molecular complexity index is 634. The van der Waals surface area contributed by atoms with Crippen LogP contribution in [0.2, 0.25) is 0 Å². The molecule has 0 aliphatic rings. The number of rotatable bonds is 2. The maximum absolute atomic E-state index is 12.9. The molecule has 5 nitrogen and oxygen atoms in total. The largest absolute Gasteiger partial charge is 0.448 e. The van der Waals surface area contributed by atoms with Crippen LogP contribution in [0.25, 0.3) is 0 Å². The summed E-state index contributed by atoms with van der Waals surface area (Å²) in [4.78, 5) is 10.6. The van der Waals surface area contributed by atoms with Crippen LogP contribution in [0.4, 0.5) is 23.7 Å². The number of hydrogen-bond donors (Lipinski definition) is 1. The zero-order chi connectivity index (χ0) is 15.6. The number of nitrogens with two attached hydrogens (primary N) is 1. The summed E-state index contributed by atoms with van der Waals surface area (Å²) in [5, 5.41) is 0. The monoisotopic (exact) mass is 310 g/mol. The van der Waals surface area contributed by atoms with Crippen LogP contribution >= 0.6 is 0 Å². The third-order valence-corrected chi connectivity index (χ3v) is 3.90. The van der Waals surface area contributed by atoms with Gasteiger partial charge in [-0.1, -0.05) is 0 Å². The Kier molecular flexibility index (Phi) is 4.64. The van der Waals surface area contributed by atoms with E-state index in [1.165, 1.54) is 6.92 Å². The number of nitrogens with zero attached hydrogens (tertiary/aromatic N) is 1. The van der Waals surface area contributed by atoms with Crippen LogP contribution in [0.5, 0.6) is 0 Å². The van der Waals surface area contributed by atoms with Gasteiger partial charge in [0.2, 0.25) is 0 Å². The van der Waals surface area contributed by atoms with Gasteiger partial charge in [-0.05, 0) is 25.1 Å². The average Bonchev–Trinajstić information content (AvgIpc) is 2.26. The van der Waals surface area contributed by atoms with E-state index >= 15 is 0 Å². The first-order chi connectivity index (χ1) is 9.08. The number of hydrogen-bond acceptors (Lipinski definition) is 4. The molecular weight excluding hydrogens is 297 g/mol. The smallest absolute Gasteiger partial charge is 0.442 e. The number of nitrogen functional groups attached to an aromatic ring is 1. The first-order valence-electron chi connectivity index (χ1n) is 5.43. The van der Waals surface area contributed by atoms with Gasteiger partial charge in [0.15, 0.2) is 0 Å². The Morgan fingerprint density at radius 1 is 1.45 bits per heavy atom. The number of carbonyl (C=O) groups excluding carboxylic acids is 1. The van der Waals surface area contributed by atoms with Crippen molar-refractivity contribution in [1.82, 2.24) is 0 Å². The van der Waals surface area contributed by atoms with E-state index < -0.39 is 32.5 Å². The van der Waals surface area contributed by atoms with E-state index in [9.17, 15) is 22.2 Å². The molecule has 1 rings (SSSR count). The standard InChI is InChI=1S/C11H13F3N2O3S/c1-3-19-10(17)16-20(2,18)9-5-4-7(15)6-8(9)11(12,13)14/h4-6H,3,15H2,1-2H3. The fraction of sp³-hybridized carbons (Fsp3) is 0.364. The fourth-order valence-corrected chi connectivity index (χ4v) is 2.78. The summed E-state index contributed by atoms with van der Waals surface area (Å²) in [6.07, 6.45) is -5.00. The Balaban J connectivity index is 3.47. The molecule has 1 aromatic rings. The van der Waals surface area contributed by atoms with Crippen LogP contribution in [0, 0.1) is 0 Å². The van der Waals surface area contributed by atoms with Gasteiger partial charge in [-0.15, -0.1) is 4.36 Å². The lowest BCUT2D eigenvalue weighted by atomic mass is 10.2. The van der Waals surface area contributed by atoms with Crippen molar-refractivity contribution in [3.05, 3.63) is 23.8 Å². The summed E-state index contributed by atoms with van der Waals surface area (Å²) in [6, 6.07) is 2.76. The third kappa shape index (κ3) is 3.86. The number of amides is 1. The zero-order valence-electron chi connectivity index (χ0n) is 10.7. The van der Waals surface area contributed by atoms with Crippen molar-refractivity contribution in [1.29, 1.82) is 0 Å². The van der Waals surface area contributed by atoms with Gasteiger partial charge >= 0.3 is 12.3 Å². The highest BCUT2D eigenvalue weighted by atomic mass is 32.2. The summed E-state index contributed by atoms with van der Waals surface area (Å²) >= 11 is 0. The maximum Gasteiger partial charge on any atom is 0.442 e. The molecule has 0 heterocycles. The van der Waals surface area contributed by atoms with E-state index in [0.29, 0.717) is 6.07 Å². The fourth-order valence-electron chi connectivity index (χ4n) is 1.44. The number of benzene rings is 1. The molecule has 9 heteroatoms. The Hall–Kier alpha value is -1.77. The van der Waals surface area contributed by atoms with E-state index in [2.05, 4.69) is 9.10 Å². The lowest BCUT2D eigenvalue weighted by Crippen LogP contribution is -2.14. The predicted molar refractivity (Wildman–Crippen MR) is 67.6 cm³/mol.